The standard InChI is InChI=1S/C14H6ClN5O/c15-12-7-19-14(21)11-3-9(1-2-10(11)12)20-13(6-18)8(4-16)5-17/h1-3,7,20H,(H,19,21). The molecule has 0 amide bonds. The van der Waals surface area contributed by atoms with Gasteiger partial charge in [0.05, 0.1) is 10.4 Å². The molecular weight excluding hydrogens is 290 g/mol. The second-order valence-electron chi connectivity index (χ2n) is 3.94. The summed E-state index contributed by atoms with van der Waals surface area (Å²) in [5, 5.41) is 30.4. The molecule has 2 rings (SSSR count). The van der Waals surface area contributed by atoms with E-state index < -0.39 is 0 Å². The number of nitrogens with one attached hydrogen (secondary N) is 2. The second kappa shape index (κ2) is 5.79. The van der Waals surface area contributed by atoms with E-state index in [1.165, 1.54) is 12.3 Å². The van der Waals surface area contributed by atoms with Gasteiger partial charge in [0.1, 0.15) is 23.9 Å². The number of aromatic nitrogens is 1. The van der Waals surface area contributed by atoms with E-state index in [0.29, 0.717) is 21.5 Å². The molecular formula is C14H6ClN5O. The summed E-state index contributed by atoms with van der Waals surface area (Å²) in [6, 6.07) is 9.69. The van der Waals surface area contributed by atoms with Crippen molar-refractivity contribution in [3.8, 4) is 18.2 Å². The number of nitriles is 3. The van der Waals surface area contributed by atoms with Crippen LogP contribution in [0.5, 0.6) is 0 Å². The van der Waals surface area contributed by atoms with Crippen molar-refractivity contribution in [2.75, 3.05) is 5.32 Å². The lowest BCUT2D eigenvalue weighted by molar-refractivity contribution is 1.28. The molecule has 21 heavy (non-hydrogen) atoms. The van der Waals surface area contributed by atoms with Gasteiger partial charge in [-0.25, -0.2) is 0 Å². The molecule has 0 atom stereocenters. The predicted octanol–water partition coefficient (Wildman–Crippen LogP) is 2.42. The van der Waals surface area contributed by atoms with Crippen molar-refractivity contribution >= 4 is 28.1 Å². The Labute approximate surface area is 124 Å². The van der Waals surface area contributed by atoms with Crippen LogP contribution >= 0.6 is 11.6 Å². The number of allylic oxidation sites excluding steroid dienone is 2. The molecule has 7 heteroatoms. The van der Waals surface area contributed by atoms with Gasteiger partial charge in [-0.2, -0.15) is 15.8 Å². The maximum atomic E-state index is 11.8. The van der Waals surface area contributed by atoms with Gasteiger partial charge >= 0.3 is 0 Å². The summed E-state index contributed by atoms with van der Waals surface area (Å²) in [5.41, 5.74) is -0.452. The zero-order chi connectivity index (χ0) is 15.4. The first-order chi connectivity index (χ1) is 10.1. The van der Waals surface area contributed by atoms with Crippen LogP contribution in [0.4, 0.5) is 5.69 Å². The molecule has 0 aliphatic rings. The minimum Gasteiger partial charge on any atom is -0.345 e. The largest absolute Gasteiger partial charge is 0.345 e. The molecule has 100 valence electrons. The lowest BCUT2D eigenvalue weighted by Crippen LogP contribution is -2.06. The summed E-state index contributed by atoms with van der Waals surface area (Å²) in [4.78, 5) is 14.2. The maximum Gasteiger partial charge on any atom is 0.255 e. The van der Waals surface area contributed by atoms with E-state index in [4.69, 9.17) is 27.4 Å². The molecule has 0 aliphatic carbocycles. The SMILES string of the molecule is N#CC(C#N)=C(C#N)Nc1ccc2c(Cl)c[nH]c(=O)c2c1. The molecule has 1 aromatic heterocycles. The number of nitrogens with zero attached hydrogens (tertiary/aromatic N) is 3. The highest BCUT2D eigenvalue weighted by Crippen LogP contribution is 2.23. The third-order valence-electron chi connectivity index (χ3n) is 2.71. The third kappa shape index (κ3) is 2.69. The van der Waals surface area contributed by atoms with Gasteiger partial charge in [-0.15, -0.1) is 0 Å². The van der Waals surface area contributed by atoms with Gasteiger partial charge in [0.2, 0.25) is 0 Å². The van der Waals surface area contributed by atoms with Crippen molar-refractivity contribution in [3.63, 3.8) is 0 Å². The van der Waals surface area contributed by atoms with E-state index in [2.05, 4.69) is 10.3 Å². The number of hydrogen-bond donors (Lipinski definition) is 2. The van der Waals surface area contributed by atoms with Crippen LogP contribution in [0, 0.1) is 34.0 Å². The summed E-state index contributed by atoms with van der Waals surface area (Å²) < 4.78 is 0. The number of benzene rings is 1. The Kier molecular flexibility index (Phi) is 3.90. The summed E-state index contributed by atoms with van der Waals surface area (Å²) in [6.07, 6.45) is 1.39. The van der Waals surface area contributed by atoms with E-state index in [0.717, 1.165) is 0 Å². The molecule has 0 spiro atoms. The van der Waals surface area contributed by atoms with Crippen molar-refractivity contribution in [3.05, 3.63) is 51.0 Å². The molecule has 2 N–H and O–H groups in total. The molecule has 0 bridgehead atoms. The summed E-state index contributed by atoms with van der Waals surface area (Å²) in [5.74, 6) is 0. The van der Waals surface area contributed by atoms with Gasteiger partial charge in [0, 0.05) is 17.3 Å². The molecule has 0 radical (unpaired) electrons. The number of hydrogen-bond acceptors (Lipinski definition) is 5. The summed E-state index contributed by atoms with van der Waals surface area (Å²) in [6.45, 7) is 0. The number of H-pyrrole nitrogens is 1. The first-order valence-electron chi connectivity index (χ1n) is 5.63. The van der Waals surface area contributed by atoms with Gasteiger partial charge in [0.25, 0.3) is 5.56 Å². The molecule has 1 heterocycles. The van der Waals surface area contributed by atoms with Crippen molar-refractivity contribution in [1.82, 2.24) is 4.98 Å². The Bertz CT molecular complexity index is 921. The van der Waals surface area contributed by atoms with Crippen LogP contribution in [0.3, 0.4) is 0 Å². The number of aromatic amines is 1. The van der Waals surface area contributed by atoms with Gasteiger partial charge in [-0.3, -0.25) is 4.79 Å². The van der Waals surface area contributed by atoms with Gasteiger partial charge < -0.3 is 10.3 Å². The lowest BCUT2D eigenvalue weighted by Gasteiger charge is -2.06. The fourth-order valence-corrected chi connectivity index (χ4v) is 1.95. The molecule has 0 saturated carbocycles. The van der Waals surface area contributed by atoms with Crippen LogP contribution in [0.15, 0.2) is 40.5 Å². The van der Waals surface area contributed by atoms with Crippen LogP contribution in [-0.2, 0) is 0 Å². The zero-order valence-corrected chi connectivity index (χ0v) is 11.2. The molecule has 6 nitrogen and oxygen atoms in total. The van der Waals surface area contributed by atoms with E-state index in [-0.39, 0.29) is 16.8 Å². The third-order valence-corrected chi connectivity index (χ3v) is 3.02. The zero-order valence-electron chi connectivity index (χ0n) is 10.4. The first-order valence-corrected chi connectivity index (χ1v) is 6.01. The topological polar surface area (TPSA) is 116 Å². The molecule has 0 aliphatic heterocycles. The normalized spacial score (nSPS) is 9.24. The van der Waals surface area contributed by atoms with Crippen LogP contribution in [0.2, 0.25) is 5.02 Å². The van der Waals surface area contributed by atoms with Gasteiger partial charge in [-0.05, 0) is 12.1 Å². The van der Waals surface area contributed by atoms with Gasteiger partial charge in [0.15, 0.2) is 5.57 Å². The van der Waals surface area contributed by atoms with Crippen LogP contribution in [0.1, 0.15) is 0 Å². The average molecular weight is 296 g/mol. The van der Waals surface area contributed by atoms with E-state index in [1.807, 2.05) is 0 Å². The van der Waals surface area contributed by atoms with Crippen LogP contribution < -0.4 is 10.9 Å². The van der Waals surface area contributed by atoms with E-state index >= 15 is 0 Å². The quantitative estimate of drug-likeness (QED) is 0.825. The maximum absolute atomic E-state index is 11.8. The Balaban J connectivity index is 2.56. The van der Waals surface area contributed by atoms with Crippen molar-refractivity contribution < 1.29 is 0 Å². The van der Waals surface area contributed by atoms with Crippen molar-refractivity contribution in [1.29, 1.82) is 15.8 Å². The summed E-state index contributed by atoms with van der Waals surface area (Å²) in [7, 11) is 0. The average Bonchev–Trinajstić information content (AvgIpc) is 2.51. The number of halogens is 1. The predicted molar refractivity (Wildman–Crippen MR) is 77.1 cm³/mol. The smallest absolute Gasteiger partial charge is 0.255 e. The minimum absolute atomic E-state index is 0.183. The highest BCUT2D eigenvalue weighted by Gasteiger charge is 2.08. The second-order valence-corrected chi connectivity index (χ2v) is 4.34. The fraction of sp³-hybridized carbons (Fsp3) is 0. The van der Waals surface area contributed by atoms with Crippen LogP contribution in [-0.4, -0.2) is 4.98 Å². The van der Waals surface area contributed by atoms with Crippen molar-refractivity contribution in [2.24, 2.45) is 0 Å². The number of pyridine rings is 1. The lowest BCUT2D eigenvalue weighted by atomic mass is 10.1. The molecule has 2 aromatic rings. The minimum atomic E-state index is -0.336. The molecule has 1 aromatic carbocycles. The Morgan fingerprint density at radius 1 is 1.14 bits per heavy atom. The Hall–Kier alpha value is -3.27. The Morgan fingerprint density at radius 2 is 1.86 bits per heavy atom. The molecule has 0 unspecified atom stereocenters. The highest BCUT2D eigenvalue weighted by molar-refractivity contribution is 6.35. The van der Waals surface area contributed by atoms with Crippen molar-refractivity contribution in [2.45, 2.75) is 0 Å². The molecule has 0 saturated heterocycles. The first kappa shape index (κ1) is 14.1. The molecule has 0 fully saturated rings. The number of anilines is 1. The number of fused-ring (bicyclic) bond motifs is 1. The monoisotopic (exact) mass is 295 g/mol. The summed E-state index contributed by atoms with van der Waals surface area (Å²) >= 11 is 5.97. The van der Waals surface area contributed by atoms with E-state index in [9.17, 15) is 4.79 Å². The van der Waals surface area contributed by atoms with Crippen LogP contribution in [0.25, 0.3) is 10.8 Å². The Morgan fingerprint density at radius 3 is 2.48 bits per heavy atom. The van der Waals surface area contributed by atoms with E-state index in [1.54, 1.807) is 30.3 Å². The highest BCUT2D eigenvalue weighted by atomic mass is 35.5. The fourth-order valence-electron chi connectivity index (χ4n) is 1.73. The van der Waals surface area contributed by atoms with Gasteiger partial charge in [-0.1, -0.05) is 17.7 Å². The number of rotatable bonds is 2.